The van der Waals surface area contributed by atoms with E-state index in [0.717, 1.165) is 16.9 Å². The predicted molar refractivity (Wildman–Crippen MR) is 92.5 cm³/mol. The molecule has 2 heterocycles. The van der Waals surface area contributed by atoms with Gasteiger partial charge < -0.3 is 4.74 Å². The van der Waals surface area contributed by atoms with Crippen molar-refractivity contribution in [1.29, 1.82) is 0 Å². The maximum absolute atomic E-state index is 12.4. The number of fused-ring (bicyclic) bond motifs is 1. The third kappa shape index (κ3) is 3.06. The van der Waals surface area contributed by atoms with Gasteiger partial charge in [-0.3, -0.25) is 14.7 Å². The summed E-state index contributed by atoms with van der Waals surface area (Å²) in [5.41, 5.74) is 0.787. The van der Waals surface area contributed by atoms with Crippen molar-refractivity contribution in [2.24, 2.45) is 0 Å². The lowest BCUT2D eigenvalue weighted by Crippen LogP contribution is -2.25. The molecule has 0 saturated heterocycles. The van der Waals surface area contributed by atoms with Crippen LogP contribution in [0.4, 0.5) is 5.00 Å². The number of thiophene rings is 1. The fraction of sp³-hybridized carbons (Fsp3) is 0.250. The summed E-state index contributed by atoms with van der Waals surface area (Å²) in [6, 6.07) is 10.7. The summed E-state index contributed by atoms with van der Waals surface area (Å²) in [6.07, 6.45) is 0. The number of ether oxygens (including phenoxy) is 1. The predicted octanol–water partition coefficient (Wildman–Crippen LogP) is 3.07. The molecule has 24 heavy (non-hydrogen) atoms. The van der Waals surface area contributed by atoms with Gasteiger partial charge in [-0.2, -0.15) is 4.98 Å². The Hall–Kier alpha value is -2.58. The molecule has 0 spiro atoms. The van der Waals surface area contributed by atoms with E-state index in [1.54, 1.807) is 0 Å². The van der Waals surface area contributed by atoms with Gasteiger partial charge in [-0.15, -0.1) is 0 Å². The van der Waals surface area contributed by atoms with Crippen molar-refractivity contribution in [3.8, 4) is 11.3 Å². The molecule has 2 aromatic heterocycles. The van der Waals surface area contributed by atoms with E-state index in [-0.39, 0.29) is 5.00 Å². The van der Waals surface area contributed by atoms with Crippen molar-refractivity contribution in [3.05, 3.63) is 57.0 Å². The maximum Gasteiger partial charge on any atom is 0.349 e. The Kier molecular flexibility index (Phi) is 4.68. The fourth-order valence-electron chi connectivity index (χ4n) is 2.45. The van der Waals surface area contributed by atoms with Gasteiger partial charge in [0.1, 0.15) is 4.83 Å². The number of rotatable bonds is 6. The van der Waals surface area contributed by atoms with Crippen LogP contribution in [0, 0.1) is 10.1 Å². The number of hydrogen-bond acceptors (Lipinski definition) is 6. The van der Waals surface area contributed by atoms with Crippen LogP contribution >= 0.6 is 11.3 Å². The fourth-order valence-corrected chi connectivity index (χ4v) is 3.44. The van der Waals surface area contributed by atoms with E-state index in [9.17, 15) is 14.9 Å². The summed E-state index contributed by atoms with van der Waals surface area (Å²) in [6.45, 7) is 3.07. The van der Waals surface area contributed by atoms with E-state index >= 15 is 0 Å². The standard InChI is InChI=1S/C16H15N3O4S/c1-2-23-9-8-18-15-12(10-13(24-15)19(21)22)14(17-16(18)20)11-6-4-3-5-7-11/h3-7,10H,2,8-9H2,1H3. The number of nitrogens with zero attached hydrogens (tertiary/aromatic N) is 3. The third-order valence-corrected chi connectivity index (χ3v) is 4.64. The molecule has 3 rings (SSSR count). The van der Waals surface area contributed by atoms with E-state index < -0.39 is 10.6 Å². The molecule has 0 radical (unpaired) electrons. The van der Waals surface area contributed by atoms with Gasteiger partial charge in [-0.1, -0.05) is 30.3 Å². The highest BCUT2D eigenvalue weighted by Gasteiger charge is 2.20. The first-order valence-electron chi connectivity index (χ1n) is 7.43. The number of aromatic nitrogens is 2. The number of nitro groups is 1. The summed E-state index contributed by atoms with van der Waals surface area (Å²) in [5.74, 6) is 0. The topological polar surface area (TPSA) is 87.3 Å². The molecule has 0 saturated carbocycles. The zero-order chi connectivity index (χ0) is 17.1. The lowest BCUT2D eigenvalue weighted by Gasteiger charge is -2.09. The molecule has 0 amide bonds. The SMILES string of the molecule is CCOCCn1c(=O)nc(-c2ccccc2)c2cc([N+](=O)[O-])sc21. The van der Waals surface area contributed by atoms with Gasteiger partial charge in [0.15, 0.2) is 0 Å². The summed E-state index contributed by atoms with van der Waals surface area (Å²) in [7, 11) is 0. The Morgan fingerprint density at radius 1 is 1.33 bits per heavy atom. The zero-order valence-electron chi connectivity index (χ0n) is 13.0. The van der Waals surface area contributed by atoms with Crippen molar-refractivity contribution in [3.63, 3.8) is 0 Å². The second-order valence-electron chi connectivity index (χ2n) is 5.02. The molecule has 3 aromatic rings. The van der Waals surface area contributed by atoms with Crippen molar-refractivity contribution in [2.45, 2.75) is 13.5 Å². The van der Waals surface area contributed by atoms with Crippen LogP contribution in [0.5, 0.6) is 0 Å². The first kappa shape index (κ1) is 16.3. The quantitative estimate of drug-likeness (QED) is 0.389. The largest absolute Gasteiger partial charge is 0.380 e. The Morgan fingerprint density at radius 2 is 2.08 bits per heavy atom. The summed E-state index contributed by atoms with van der Waals surface area (Å²) >= 11 is 0.981. The Bertz CT molecular complexity index is 934. The van der Waals surface area contributed by atoms with Gasteiger partial charge in [-0.25, -0.2) is 4.79 Å². The molecule has 124 valence electrons. The molecule has 0 aliphatic rings. The second-order valence-corrected chi connectivity index (χ2v) is 6.03. The average molecular weight is 345 g/mol. The molecule has 0 bridgehead atoms. The molecule has 8 heteroatoms. The van der Waals surface area contributed by atoms with E-state index in [1.165, 1.54) is 10.6 Å². The van der Waals surface area contributed by atoms with Crippen LogP contribution in [0.15, 0.2) is 41.2 Å². The highest BCUT2D eigenvalue weighted by atomic mass is 32.1. The van der Waals surface area contributed by atoms with Crippen molar-refractivity contribution in [1.82, 2.24) is 9.55 Å². The molecular formula is C16H15N3O4S. The molecule has 1 aromatic carbocycles. The molecule has 0 aliphatic heterocycles. The van der Waals surface area contributed by atoms with Gasteiger partial charge in [-0.05, 0) is 18.3 Å². The highest BCUT2D eigenvalue weighted by Crippen LogP contribution is 2.35. The van der Waals surface area contributed by atoms with Gasteiger partial charge >= 0.3 is 10.7 Å². The van der Waals surface area contributed by atoms with Crippen molar-refractivity contribution in [2.75, 3.05) is 13.2 Å². The Balaban J connectivity index is 2.22. The van der Waals surface area contributed by atoms with Crippen LogP contribution in [0.25, 0.3) is 21.5 Å². The second kappa shape index (κ2) is 6.90. The van der Waals surface area contributed by atoms with Crippen LogP contribution in [-0.2, 0) is 11.3 Å². The third-order valence-electron chi connectivity index (χ3n) is 3.53. The Morgan fingerprint density at radius 3 is 2.75 bits per heavy atom. The van der Waals surface area contributed by atoms with Crippen LogP contribution < -0.4 is 5.69 Å². The zero-order valence-corrected chi connectivity index (χ0v) is 13.8. The molecule has 0 fully saturated rings. The Labute approximate surface area is 141 Å². The average Bonchev–Trinajstić information content (AvgIpc) is 3.03. The van der Waals surface area contributed by atoms with Crippen molar-refractivity contribution < 1.29 is 9.66 Å². The van der Waals surface area contributed by atoms with Crippen LogP contribution in [0.2, 0.25) is 0 Å². The molecule has 7 nitrogen and oxygen atoms in total. The normalized spacial score (nSPS) is 11.0. The first-order valence-corrected chi connectivity index (χ1v) is 8.25. The summed E-state index contributed by atoms with van der Waals surface area (Å²) < 4.78 is 6.73. The van der Waals surface area contributed by atoms with Gasteiger partial charge in [0.25, 0.3) is 0 Å². The summed E-state index contributed by atoms with van der Waals surface area (Å²) in [5, 5.41) is 11.7. The first-order chi connectivity index (χ1) is 11.6. The minimum atomic E-state index is -0.448. The lowest BCUT2D eigenvalue weighted by molar-refractivity contribution is -0.380. The van der Waals surface area contributed by atoms with E-state index in [0.29, 0.717) is 35.7 Å². The molecule has 0 aliphatic carbocycles. The molecule has 0 N–H and O–H groups in total. The summed E-state index contributed by atoms with van der Waals surface area (Å²) in [4.78, 5) is 27.8. The van der Waals surface area contributed by atoms with Crippen molar-refractivity contribution >= 4 is 26.6 Å². The smallest absolute Gasteiger partial charge is 0.349 e. The van der Waals surface area contributed by atoms with Crippen LogP contribution in [-0.4, -0.2) is 27.7 Å². The molecule has 0 atom stereocenters. The lowest BCUT2D eigenvalue weighted by atomic mass is 10.1. The van der Waals surface area contributed by atoms with E-state index in [4.69, 9.17) is 4.74 Å². The number of benzene rings is 1. The molecule has 0 unspecified atom stereocenters. The van der Waals surface area contributed by atoms with Gasteiger partial charge in [0, 0.05) is 23.6 Å². The van der Waals surface area contributed by atoms with E-state index in [1.807, 2.05) is 37.3 Å². The molecular weight excluding hydrogens is 330 g/mol. The highest BCUT2D eigenvalue weighted by molar-refractivity contribution is 7.21. The number of hydrogen-bond donors (Lipinski definition) is 0. The van der Waals surface area contributed by atoms with Gasteiger partial charge in [0.2, 0.25) is 0 Å². The van der Waals surface area contributed by atoms with Crippen LogP contribution in [0.1, 0.15) is 6.92 Å². The minimum absolute atomic E-state index is 0.0141. The maximum atomic E-state index is 12.4. The minimum Gasteiger partial charge on any atom is -0.380 e. The monoisotopic (exact) mass is 345 g/mol. The van der Waals surface area contributed by atoms with Crippen LogP contribution in [0.3, 0.4) is 0 Å². The van der Waals surface area contributed by atoms with Gasteiger partial charge in [0.05, 0.1) is 23.8 Å². The van der Waals surface area contributed by atoms with E-state index in [2.05, 4.69) is 4.98 Å².